The highest BCUT2D eigenvalue weighted by molar-refractivity contribution is 5.93. The molecule has 0 spiro atoms. The van der Waals surface area contributed by atoms with E-state index in [2.05, 4.69) is 10.3 Å². The molecule has 2 heterocycles. The smallest absolute Gasteiger partial charge is 0.326 e. The maximum atomic E-state index is 12.9. The summed E-state index contributed by atoms with van der Waals surface area (Å²) in [5, 5.41) is 12.6. The van der Waals surface area contributed by atoms with Gasteiger partial charge in [-0.25, -0.2) is 14.6 Å². The van der Waals surface area contributed by atoms with Gasteiger partial charge in [-0.3, -0.25) is 0 Å². The minimum absolute atomic E-state index is 0.159. The number of carbonyl (C=O) groups excluding carboxylic acids is 1. The number of aliphatic carboxylic acids is 1. The quantitative estimate of drug-likeness (QED) is 0.716. The van der Waals surface area contributed by atoms with Gasteiger partial charge in [0.2, 0.25) is 0 Å². The Bertz CT molecular complexity index is 1050. The van der Waals surface area contributed by atoms with Gasteiger partial charge < -0.3 is 19.9 Å². The molecule has 0 bridgehead atoms. The van der Waals surface area contributed by atoms with Crippen LogP contribution >= 0.6 is 0 Å². The van der Waals surface area contributed by atoms with E-state index in [1.807, 2.05) is 60.0 Å². The van der Waals surface area contributed by atoms with Crippen LogP contribution in [0.5, 0.6) is 0 Å². The minimum atomic E-state index is -1.02. The molecule has 3 aromatic rings. The average molecular weight is 390 g/mol. The zero-order chi connectivity index (χ0) is 20.4. The third kappa shape index (κ3) is 3.85. The van der Waals surface area contributed by atoms with Crippen molar-refractivity contribution in [2.24, 2.45) is 0 Å². The molecule has 7 nitrogen and oxygen atoms in total. The van der Waals surface area contributed by atoms with Gasteiger partial charge in [0.05, 0.1) is 18.6 Å². The molecule has 1 atom stereocenters. The van der Waals surface area contributed by atoms with Gasteiger partial charge >= 0.3 is 12.0 Å². The average Bonchev–Trinajstić information content (AvgIpc) is 3.11. The van der Waals surface area contributed by atoms with Gasteiger partial charge in [-0.15, -0.1) is 0 Å². The highest BCUT2D eigenvalue weighted by atomic mass is 16.4. The first-order valence-corrected chi connectivity index (χ1v) is 9.46. The zero-order valence-electron chi connectivity index (χ0n) is 16.1. The van der Waals surface area contributed by atoms with Gasteiger partial charge in [-0.1, -0.05) is 48.5 Å². The zero-order valence-corrected chi connectivity index (χ0v) is 16.1. The van der Waals surface area contributed by atoms with E-state index in [1.54, 1.807) is 12.4 Å². The van der Waals surface area contributed by atoms with E-state index in [9.17, 15) is 14.7 Å². The van der Waals surface area contributed by atoms with Crippen LogP contribution in [-0.4, -0.2) is 37.6 Å². The van der Waals surface area contributed by atoms with Crippen molar-refractivity contribution in [1.29, 1.82) is 0 Å². The number of rotatable bonds is 4. The Morgan fingerprint density at radius 3 is 2.59 bits per heavy atom. The largest absolute Gasteiger partial charge is 0.480 e. The molecule has 2 amide bonds. The summed E-state index contributed by atoms with van der Waals surface area (Å²) in [6.45, 7) is 2.67. The lowest BCUT2D eigenvalue weighted by molar-refractivity contribution is -0.142. The number of carbonyl (C=O) groups is 2. The summed E-state index contributed by atoms with van der Waals surface area (Å²) in [5.41, 5.74) is 4.29. The number of para-hydroxylation sites is 1. The second kappa shape index (κ2) is 7.79. The molecule has 0 aliphatic carbocycles. The Morgan fingerprint density at radius 2 is 1.86 bits per heavy atom. The number of carboxylic acid groups (broad SMARTS) is 1. The summed E-state index contributed by atoms with van der Waals surface area (Å²) >= 11 is 0. The van der Waals surface area contributed by atoms with E-state index in [-0.39, 0.29) is 13.0 Å². The first-order valence-electron chi connectivity index (χ1n) is 9.46. The Kier molecular flexibility index (Phi) is 5.03. The van der Waals surface area contributed by atoms with E-state index >= 15 is 0 Å². The van der Waals surface area contributed by atoms with Gasteiger partial charge in [0, 0.05) is 24.3 Å². The highest BCUT2D eigenvalue weighted by Crippen LogP contribution is 2.25. The van der Waals surface area contributed by atoms with Crippen LogP contribution in [0.25, 0.3) is 0 Å². The van der Waals surface area contributed by atoms with Crippen LogP contribution in [0.15, 0.2) is 60.9 Å². The van der Waals surface area contributed by atoms with E-state index in [0.29, 0.717) is 12.2 Å². The summed E-state index contributed by atoms with van der Waals surface area (Å²) in [6.07, 6.45) is 1.94. The molecular weight excluding hydrogens is 368 g/mol. The van der Waals surface area contributed by atoms with Gasteiger partial charge in [0.25, 0.3) is 0 Å². The van der Waals surface area contributed by atoms with Crippen molar-refractivity contribution in [3.8, 4) is 0 Å². The second-order valence-corrected chi connectivity index (χ2v) is 7.18. The maximum absolute atomic E-state index is 12.9. The fraction of sp³-hybridized carbons (Fsp3) is 0.227. The molecule has 1 unspecified atom stereocenters. The number of nitrogens with one attached hydrogen (secondary N) is 1. The van der Waals surface area contributed by atoms with Crippen LogP contribution < -0.4 is 5.32 Å². The summed E-state index contributed by atoms with van der Waals surface area (Å²) < 4.78 is 1.97. The molecule has 1 aliphatic heterocycles. The molecule has 0 fully saturated rings. The Balaban J connectivity index is 1.58. The van der Waals surface area contributed by atoms with Gasteiger partial charge in [0.15, 0.2) is 0 Å². The molecule has 29 heavy (non-hydrogen) atoms. The summed E-state index contributed by atoms with van der Waals surface area (Å²) in [4.78, 5) is 30.6. The third-order valence-corrected chi connectivity index (χ3v) is 5.24. The molecule has 148 valence electrons. The number of urea groups is 1. The number of hydrogen-bond acceptors (Lipinski definition) is 3. The van der Waals surface area contributed by atoms with Crippen molar-refractivity contribution < 1.29 is 14.7 Å². The van der Waals surface area contributed by atoms with Crippen molar-refractivity contribution in [2.75, 3.05) is 5.32 Å². The first-order chi connectivity index (χ1) is 14.0. The van der Waals surface area contributed by atoms with Crippen LogP contribution in [0.4, 0.5) is 10.5 Å². The molecule has 1 aromatic heterocycles. The molecule has 2 N–H and O–H groups in total. The molecule has 0 saturated carbocycles. The fourth-order valence-electron chi connectivity index (χ4n) is 3.63. The number of hydrogen-bond donors (Lipinski definition) is 2. The molecule has 0 saturated heterocycles. The lowest BCUT2D eigenvalue weighted by Crippen LogP contribution is -2.50. The normalized spacial score (nSPS) is 15.6. The number of aromatic nitrogens is 2. The van der Waals surface area contributed by atoms with E-state index in [0.717, 1.165) is 22.5 Å². The predicted octanol–water partition coefficient (Wildman–Crippen LogP) is 3.28. The van der Waals surface area contributed by atoms with Crippen LogP contribution in [0, 0.1) is 6.92 Å². The number of amides is 2. The number of anilines is 1. The van der Waals surface area contributed by atoms with Crippen molar-refractivity contribution in [1.82, 2.24) is 14.5 Å². The van der Waals surface area contributed by atoms with Crippen LogP contribution in [0.2, 0.25) is 0 Å². The summed E-state index contributed by atoms with van der Waals surface area (Å²) in [5.74, 6) is -1.02. The van der Waals surface area contributed by atoms with Gasteiger partial charge in [-0.05, 0) is 24.1 Å². The number of benzene rings is 2. The lowest BCUT2D eigenvalue weighted by atomic mass is 10.0. The number of imidazole rings is 1. The topological polar surface area (TPSA) is 87.5 Å². The van der Waals surface area contributed by atoms with Crippen LogP contribution in [0.3, 0.4) is 0 Å². The summed E-state index contributed by atoms with van der Waals surface area (Å²) in [7, 11) is 0. The number of carboxylic acids is 1. The molecular formula is C22H22N4O3. The van der Waals surface area contributed by atoms with Crippen LogP contribution in [-0.2, 0) is 24.3 Å². The second-order valence-electron chi connectivity index (χ2n) is 7.18. The van der Waals surface area contributed by atoms with Gasteiger partial charge in [0.1, 0.15) is 6.04 Å². The van der Waals surface area contributed by atoms with Crippen molar-refractivity contribution in [2.45, 2.75) is 32.5 Å². The Hall–Kier alpha value is -3.61. The molecule has 4 rings (SSSR count). The molecule has 1 aliphatic rings. The third-order valence-electron chi connectivity index (χ3n) is 5.24. The SMILES string of the molecule is Cc1ccccc1NC(=O)N1Cc2ncn(Cc3ccccc3)c2CC1C(=O)O. The van der Waals surface area contributed by atoms with E-state index in [1.165, 1.54) is 4.90 Å². The van der Waals surface area contributed by atoms with Crippen molar-refractivity contribution >= 4 is 17.7 Å². The van der Waals surface area contributed by atoms with Crippen molar-refractivity contribution in [3.63, 3.8) is 0 Å². The maximum Gasteiger partial charge on any atom is 0.326 e. The summed E-state index contributed by atoms with van der Waals surface area (Å²) in [6, 6.07) is 16.0. The first kappa shape index (κ1) is 18.7. The number of fused-ring (bicyclic) bond motifs is 1. The standard InChI is InChI=1S/C22H22N4O3/c1-15-7-5-6-10-17(15)24-22(29)26-13-18-19(11-20(26)21(27)28)25(14-23-18)12-16-8-3-2-4-9-16/h2-10,14,20H,11-13H2,1H3,(H,24,29)(H,27,28). The van der Waals surface area contributed by atoms with E-state index < -0.39 is 18.0 Å². The Labute approximate surface area is 168 Å². The molecule has 7 heteroatoms. The molecule has 2 aromatic carbocycles. The highest BCUT2D eigenvalue weighted by Gasteiger charge is 2.37. The van der Waals surface area contributed by atoms with E-state index in [4.69, 9.17) is 0 Å². The minimum Gasteiger partial charge on any atom is -0.480 e. The predicted molar refractivity (Wildman–Crippen MR) is 109 cm³/mol. The fourth-order valence-corrected chi connectivity index (χ4v) is 3.63. The van der Waals surface area contributed by atoms with Gasteiger partial charge in [-0.2, -0.15) is 0 Å². The number of nitrogens with zero attached hydrogens (tertiary/aromatic N) is 3. The monoisotopic (exact) mass is 390 g/mol. The van der Waals surface area contributed by atoms with Crippen LogP contribution in [0.1, 0.15) is 22.5 Å². The molecule has 0 radical (unpaired) electrons. The Morgan fingerprint density at radius 1 is 1.14 bits per heavy atom. The number of aryl methyl sites for hydroxylation is 1. The van der Waals surface area contributed by atoms with Crippen molar-refractivity contribution in [3.05, 3.63) is 83.4 Å². The lowest BCUT2D eigenvalue weighted by Gasteiger charge is -2.33.